The lowest BCUT2D eigenvalue weighted by molar-refractivity contribution is -0.138. The van der Waals surface area contributed by atoms with Gasteiger partial charge in [-0.3, -0.25) is 9.89 Å². The van der Waals surface area contributed by atoms with Gasteiger partial charge in [-0.1, -0.05) is 6.08 Å². The van der Waals surface area contributed by atoms with E-state index in [1.807, 2.05) is 0 Å². The van der Waals surface area contributed by atoms with Crippen LogP contribution in [0.25, 0.3) is 0 Å². The smallest absolute Gasteiger partial charge is 0.322 e. The van der Waals surface area contributed by atoms with Crippen molar-refractivity contribution in [2.75, 3.05) is 0 Å². The number of aromatic amines is 1. The SMILES string of the molecule is C=CCC(NS(=O)(=O)c1cn[nH]c1C)C(=O)O. The summed E-state index contributed by atoms with van der Waals surface area (Å²) in [6, 6.07) is -1.23. The summed E-state index contributed by atoms with van der Waals surface area (Å²) in [6.45, 7) is 4.91. The zero-order chi connectivity index (χ0) is 13.1. The third-order valence-electron chi connectivity index (χ3n) is 2.07. The minimum absolute atomic E-state index is 0.00542. The van der Waals surface area contributed by atoms with Crippen molar-refractivity contribution in [1.29, 1.82) is 0 Å². The number of nitrogens with zero attached hydrogens (tertiary/aromatic N) is 1. The lowest BCUT2D eigenvalue weighted by Gasteiger charge is -2.12. The zero-order valence-corrected chi connectivity index (χ0v) is 9.99. The van der Waals surface area contributed by atoms with Crippen LogP contribution in [0.5, 0.6) is 0 Å². The van der Waals surface area contributed by atoms with Gasteiger partial charge in [-0.05, 0) is 13.3 Å². The van der Waals surface area contributed by atoms with Gasteiger partial charge in [0.2, 0.25) is 10.0 Å². The Morgan fingerprint density at radius 2 is 2.41 bits per heavy atom. The fourth-order valence-corrected chi connectivity index (χ4v) is 2.57. The van der Waals surface area contributed by atoms with E-state index >= 15 is 0 Å². The maximum absolute atomic E-state index is 11.8. The highest BCUT2D eigenvalue weighted by molar-refractivity contribution is 7.89. The average molecular weight is 259 g/mol. The summed E-state index contributed by atoms with van der Waals surface area (Å²) in [6.07, 6.45) is 2.47. The van der Waals surface area contributed by atoms with E-state index in [0.717, 1.165) is 6.20 Å². The highest BCUT2D eigenvalue weighted by atomic mass is 32.2. The molecular formula is C9H13N3O4S. The lowest BCUT2D eigenvalue weighted by atomic mass is 10.2. The van der Waals surface area contributed by atoms with E-state index in [1.165, 1.54) is 13.0 Å². The van der Waals surface area contributed by atoms with Crippen molar-refractivity contribution in [1.82, 2.24) is 14.9 Å². The molecule has 0 aliphatic carbocycles. The van der Waals surface area contributed by atoms with Crippen LogP contribution in [0, 0.1) is 6.92 Å². The second kappa shape index (κ2) is 5.11. The number of rotatable bonds is 6. The van der Waals surface area contributed by atoms with E-state index in [2.05, 4.69) is 21.5 Å². The highest BCUT2D eigenvalue weighted by Crippen LogP contribution is 2.12. The summed E-state index contributed by atoms with van der Waals surface area (Å²) in [5.41, 5.74) is 0.347. The van der Waals surface area contributed by atoms with E-state index in [4.69, 9.17) is 5.11 Å². The van der Waals surface area contributed by atoms with Crippen LogP contribution in [0.2, 0.25) is 0 Å². The third-order valence-corrected chi connectivity index (χ3v) is 3.66. The Hall–Kier alpha value is -1.67. The molecule has 17 heavy (non-hydrogen) atoms. The first kappa shape index (κ1) is 13.4. The van der Waals surface area contributed by atoms with Gasteiger partial charge in [-0.2, -0.15) is 9.82 Å². The molecule has 0 saturated heterocycles. The maximum atomic E-state index is 11.8. The number of carbonyl (C=O) groups is 1. The number of carboxylic acid groups (broad SMARTS) is 1. The van der Waals surface area contributed by atoms with E-state index in [-0.39, 0.29) is 11.3 Å². The van der Waals surface area contributed by atoms with Crippen molar-refractivity contribution in [3.63, 3.8) is 0 Å². The molecule has 0 fully saturated rings. The largest absolute Gasteiger partial charge is 0.480 e. The molecule has 1 heterocycles. The number of nitrogens with one attached hydrogen (secondary N) is 2. The predicted molar refractivity (Wildman–Crippen MR) is 59.9 cm³/mol. The van der Waals surface area contributed by atoms with E-state index in [1.54, 1.807) is 0 Å². The van der Waals surface area contributed by atoms with E-state index in [0.29, 0.717) is 5.69 Å². The molecule has 1 aromatic heterocycles. The molecule has 0 bridgehead atoms. The van der Waals surface area contributed by atoms with Crippen molar-refractivity contribution in [3.05, 3.63) is 24.5 Å². The molecule has 3 N–H and O–H groups in total. The third kappa shape index (κ3) is 3.14. The zero-order valence-electron chi connectivity index (χ0n) is 9.17. The Morgan fingerprint density at radius 3 is 2.82 bits per heavy atom. The first-order valence-corrected chi connectivity index (χ1v) is 6.23. The minimum atomic E-state index is -3.89. The first-order chi connectivity index (χ1) is 7.88. The van der Waals surface area contributed by atoms with Crippen molar-refractivity contribution in [2.45, 2.75) is 24.3 Å². The number of H-pyrrole nitrogens is 1. The number of carboxylic acids is 1. The number of aliphatic carboxylic acids is 1. The Labute approximate surface area is 98.6 Å². The molecule has 1 unspecified atom stereocenters. The van der Waals surface area contributed by atoms with Crippen LogP contribution in [0.15, 0.2) is 23.7 Å². The average Bonchev–Trinajstić information content (AvgIpc) is 2.64. The van der Waals surface area contributed by atoms with Crippen molar-refractivity contribution in [3.8, 4) is 0 Å². The van der Waals surface area contributed by atoms with Gasteiger partial charge in [0, 0.05) is 0 Å². The van der Waals surface area contributed by atoms with Gasteiger partial charge < -0.3 is 5.11 Å². The van der Waals surface area contributed by atoms with Gasteiger partial charge in [0.25, 0.3) is 0 Å². The maximum Gasteiger partial charge on any atom is 0.322 e. The summed E-state index contributed by atoms with van der Waals surface area (Å²) in [4.78, 5) is 10.8. The quantitative estimate of drug-likeness (QED) is 0.624. The normalized spacial score (nSPS) is 13.2. The first-order valence-electron chi connectivity index (χ1n) is 4.74. The number of sulfonamides is 1. The fourth-order valence-electron chi connectivity index (χ4n) is 1.23. The van der Waals surface area contributed by atoms with E-state index < -0.39 is 22.0 Å². The Balaban J connectivity index is 2.97. The van der Waals surface area contributed by atoms with Crippen molar-refractivity contribution in [2.24, 2.45) is 0 Å². The number of hydrogen-bond donors (Lipinski definition) is 3. The molecule has 0 aromatic carbocycles. The molecular weight excluding hydrogens is 246 g/mol. The van der Waals surface area contributed by atoms with Crippen LogP contribution < -0.4 is 4.72 Å². The van der Waals surface area contributed by atoms with Gasteiger partial charge in [0.15, 0.2) is 0 Å². The highest BCUT2D eigenvalue weighted by Gasteiger charge is 2.26. The van der Waals surface area contributed by atoms with Gasteiger partial charge in [0.05, 0.1) is 11.9 Å². The summed E-state index contributed by atoms with van der Waals surface area (Å²) < 4.78 is 25.7. The summed E-state index contributed by atoms with van der Waals surface area (Å²) >= 11 is 0. The number of aromatic nitrogens is 2. The van der Waals surface area contributed by atoms with Crippen LogP contribution >= 0.6 is 0 Å². The molecule has 8 heteroatoms. The molecule has 0 aliphatic heterocycles. The molecule has 1 aromatic rings. The Kier molecular flexibility index (Phi) is 4.02. The summed E-state index contributed by atoms with van der Waals surface area (Å²) in [7, 11) is -3.89. The minimum Gasteiger partial charge on any atom is -0.480 e. The molecule has 0 saturated carbocycles. The van der Waals surface area contributed by atoms with Crippen LogP contribution in [-0.2, 0) is 14.8 Å². The fraction of sp³-hybridized carbons (Fsp3) is 0.333. The predicted octanol–water partition coefficient (Wildman–Crippen LogP) is 0.0257. The molecule has 0 amide bonds. The van der Waals surface area contributed by atoms with Gasteiger partial charge in [-0.15, -0.1) is 6.58 Å². The van der Waals surface area contributed by atoms with Crippen LogP contribution in [0.1, 0.15) is 12.1 Å². The topological polar surface area (TPSA) is 112 Å². The Bertz CT molecular complexity index is 520. The molecule has 94 valence electrons. The standard InChI is InChI=1S/C9H13N3O4S/c1-3-4-7(9(13)14)12-17(15,16)8-5-10-11-6(8)2/h3,5,7,12H,1,4H2,2H3,(H,10,11)(H,13,14). The van der Waals surface area contributed by atoms with Crippen molar-refractivity contribution >= 4 is 16.0 Å². The molecule has 7 nitrogen and oxygen atoms in total. The lowest BCUT2D eigenvalue weighted by Crippen LogP contribution is -2.40. The second-order valence-corrected chi connectivity index (χ2v) is 5.08. The van der Waals surface area contributed by atoms with Gasteiger partial charge in [-0.25, -0.2) is 8.42 Å². The Morgan fingerprint density at radius 1 is 1.76 bits per heavy atom. The van der Waals surface area contributed by atoms with Gasteiger partial charge in [0.1, 0.15) is 10.9 Å². The number of aryl methyl sites for hydroxylation is 1. The van der Waals surface area contributed by atoms with Crippen molar-refractivity contribution < 1.29 is 18.3 Å². The molecule has 0 aliphatic rings. The van der Waals surface area contributed by atoms with Crippen LogP contribution in [0.4, 0.5) is 0 Å². The monoisotopic (exact) mass is 259 g/mol. The molecule has 0 spiro atoms. The molecule has 1 atom stereocenters. The van der Waals surface area contributed by atoms with E-state index in [9.17, 15) is 13.2 Å². The van der Waals surface area contributed by atoms with Crippen LogP contribution in [-0.4, -0.2) is 35.7 Å². The summed E-state index contributed by atoms with van der Waals surface area (Å²) in [5, 5.41) is 14.9. The van der Waals surface area contributed by atoms with Crippen LogP contribution in [0.3, 0.4) is 0 Å². The second-order valence-electron chi connectivity index (χ2n) is 3.40. The summed E-state index contributed by atoms with van der Waals surface area (Å²) in [5.74, 6) is -1.25. The number of hydrogen-bond acceptors (Lipinski definition) is 4. The van der Waals surface area contributed by atoms with Gasteiger partial charge >= 0.3 is 5.97 Å². The molecule has 0 radical (unpaired) electrons. The molecule has 1 rings (SSSR count).